The summed E-state index contributed by atoms with van der Waals surface area (Å²) in [4.78, 5) is 12.9. The van der Waals surface area contributed by atoms with Gasteiger partial charge in [-0.25, -0.2) is 20.0 Å². The number of aromatic nitrogens is 4. The molecular weight excluding hydrogens is 328 g/mol. The third-order valence-electron chi connectivity index (χ3n) is 4.77. The maximum atomic E-state index is 10.2. The Hall–Kier alpha value is -1.85. The van der Waals surface area contributed by atoms with Crippen LogP contribution in [-0.4, -0.2) is 77.9 Å². The first-order valence-corrected chi connectivity index (χ1v) is 8.50. The Morgan fingerprint density at radius 2 is 1.92 bits per heavy atom. The van der Waals surface area contributed by atoms with Crippen molar-refractivity contribution in [3.8, 4) is 0 Å². The van der Waals surface area contributed by atoms with Crippen LogP contribution in [0.4, 0.5) is 5.82 Å². The van der Waals surface area contributed by atoms with E-state index in [1.54, 1.807) is 4.57 Å². The van der Waals surface area contributed by atoms with E-state index < -0.39 is 24.5 Å². The molecule has 4 N–H and O–H groups in total. The average Bonchev–Trinajstić information content (AvgIpc) is 3.18. The second kappa shape index (κ2) is 6.81. The minimum absolute atomic E-state index is 0.377. The monoisotopic (exact) mass is 350 g/mol. The molecule has 2 aliphatic rings. The molecule has 4 heterocycles. The molecule has 2 aliphatic heterocycles. The third kappa shape index (κ3) is 2.96. The van der Waals surface area contributed by atoms with Crippen LogP contribution in [0.3, 0.4) is 0 Å². The van der Waals surface area contributed by atoms with Crippen LogP contribution < -0.4 is 5.43 Å². The van der Waals surface area contributed by atoms with E-state index in [0.29, 0.717) is 17.0 Å². The first kappa shape index (κ1) is 16.6. The fraction of sp³-hybridized carbons (Fsp3) is 0.667. The van der Waals surface area contributed by atoms with Crippen molar-refractivity contribution in [3.05, 3.63) is 12.7 Å². The molecule has 2 aromatic heterocycles. The number of aliphatic hydroxyl groups is 3. The van der Waals surface area contributed by atoms with Gasteiger partial charge in [0.2, 0.25) is 0 Å². The second-order valence-corrected chi connectivity index (χ2v) is 6.43. The average molecular weight is 350 g/mol. The Balaban J connectivity index is 1.62. The van der Waals surface area contributed by atoms with Crippen molar-refractivity contribution in [2.24, 2.45) is 0 Å². The zero-order chi connectivity index (χ0) is 17.4. The lowest BCUT2D eigenvalue weighted by molar-refractivity contribution is -0.0511. The van der Waals surface area contributed by atoms with Crippen molar-refractivity contribution >= 4 is 17.0 Å². The predicted molar refractivity (Wildman–Crippen MR) is 87.4 cm³/mol. The number of hydrazine groups is 1. The topological polar surface area (TPSA) is 129 Å². The van der Waals surface area contributed by atoms with Crippen LogP contribution in [0.1, 0.15) is 25.5 Å². The number of fused-ring (bicyclic) bond motifs is 1. The Morgan fingerprint density at radius 1 is 1.12 bits per heavy atom. The first-order chi connectivity index (χ1) is 12.2. The number of hydrogen-bond donors (Lipinski definition) is 4. The molecule has 4 atom stereocenters. The zero-order valence-electron chi connectivity index (χ0n) is 13.7. The molecule has 0 bridgehead atoms. The molecule has 2 fully saturated rings. The minimum atomic E-state index is -1.18. The van der Waals surface area contributed by atoms with E-state index in [1.165, 1.54) is 19.1 Å². The molecule has 0 saturated carbocycles. The van der Waals surface area contributed by atoms with Crippen molar-refractivity contribution < 1.29 is 20.1 Å². The van der Waals surface area contributed by atoms with E-state index >= 15 is 0 Å². The lowest BCUT2D eigenvalue weighted by Gasteiger charge is -2.27. The van der Waals surface area contributed by atoms with Crippen LogP contribution in [0.5, 0.6) is 0 Å². The molecule has 10 heteroatoms. The molecule has 0 spiro atoms. The van der Waals surface area contributed by atoms with Gasteiger partial charge in [-0.2, -0.15) is 0 Å². The second-order valence-electron chi connectivity index (χ2n) is 6.43. The SMILES string of the molecule is OCC1OC(n2cnc3c(NN4CCCCC4)ncnc32)C(O)C1O. The summed E-state index contributed by atoms with van der Waals surface area (Å²) >= 11 is 0. The first-order valence-electron chi connectivity index (χ1n) is 8.50. The normalized spacial score (nSPS) is 30.8. The van der Waals surface area contributed by atoms with Crippen LogP contribution in [0, 0.1) is 0 Å². The van der Waals surface area contributed by atoms with Gasteiger partial charge in [-0.3, -0.25) is 4.57 Å². The van der Waals surface area contributed by atoms with E-state index in [-0.39, 0.29) is 6.61 Å². The smallest absolute Gasteiger partial charge is 0.172 e. The molecular formula is C15H22N6O4. The van der Waals surface area contributed by atoms with Crippen LogP contribution in [0.25, 0.3) is 11.2 Å². The number of anilines is 1. The molecule has 0 aromatic carbocycles. The van der Waals surface area contributed by atoms with Gasteiger partial charge in [-0.05, 0) is 12.8 Å². The summed E-state index contributed by atoms with van der Waals surface area (Å²) in [6.07, 6.45) is 2.38. The Morgan fingerprint density at radius 3 is 2.64 bits per heavy atom. The predicted octanol–water partition coefficient (Wildman–Crippen LogP) is -0.749. The van der Waals surface area contributed by atoms with E-state index in [2.05, 4.69) is 25.4 Å². The van der Waals surface area contributed by atoms with Gasteiger partial charge in [0.05, 0.1) is 12.9 Å². The van der Waals surface area contributed by atoms with Crippen molar-refractivity contribution in [3.63, 3.8) is 0 Å². The molecule has 4 rings (SSSR count). The molecule has 2 aromatic rings. The van der Waals surface area contributed by atoms with Gasteiger partial charge in [0.15, 0.2) is 23.2 Å². The largest absolute Gasteiger partial charge is 0.394 e. The Kier molecular flexibility index (Phi) is 4.52. The number of nitrogens with one attached hydrogen (secondary N) is 1. The van der Waals surface area contributed by atoms with Crippen LogP contribution in [0.2, 0.25) is 0 Å². The fourth-order valence-corrected chi connectivity index (χ4v) is 3.39. The lowest BCUT2D eigenvalue weighted by Crippen LogP contribution is -2.35. The summed E-state index contributed by atoms with van der Waals surface area (Å²) < 4.78 is 7.12. The summed E-state index contributed by atoms with van der Waals surface area (Å²) in [7, 11) is 0. The van der Waals surface area contributed by atoms with E-state index in [4.69, 9.17) is 4.74 Å². The highest BCUT2D eigenvalue weighted by Crippen LogP contribution is 2.32. The number of nitrogens with zero attached hydrogens (tertiary/aromatic N) is 5. The standard InChI is InChI=1S/C15H22N6O4/c22-6-9-11(23)12(24)15(25-9)21-8-18-10-13(16-7-17-14(10)21)19-20-4-2-1-3-5-20/h7-9,11-12,15,22-24H,1-6H2,(H,16,17,19). The van der Waals surface area contributed by atoms with Gasteiger partial charge in [0.1, 0.15) is 24.6 Å². The maximum Gasteiger partial charge on any atom is 0.172 e. The van der Waals surface area contributed by atoms with Gasteiger partial charge >= 0.3 is 0 Å². The summed E-state index contributed by atoms with van der Waals surface area (Å²) in [5.74, 6) is 0.595. The molecule has 0 amide bonds. The van der Waals surface area contributed by atoms with Gasteiger partial charge < -0.3 is 25.5 Å². The van der Waals surface area contributed by atoms with Crippen molar-refractivity contribution in [1.29, 1.82) is 0 Å². The number of rotatable bonds is 4. The number of piperidine rings is 1. The molecule has 25 heavy (non-hydrogen) atoms. The summed E-state index contributed by atoms with van der Waals surface area (Å²) in [5.41, 5.74) is 4.33. The van der Waals surface area contributed by atoms with E-state index in [1.807, 2.05) is 0 Å². The van der Waals surface area contributed by atoms with Crippen LogP contribution in [0.15, 0.2) is 12.7 Å². The van der Waals surface area contributed by atoms with Crippen molar-refractivity contribution in [2.75, 3.05) is 25.1 Å². The molecule has 0 aliphatic carbocycles. The van der Waals surface area contributed by atoms with E-state index in [9.17, 15) is 15.3 Å². The number of imidazole rings is 1. The number of ether oxygens (including phenoxy) is 1. The Bertz CT molecular complexity index is 734. The minimum Gasteiger partial charge on any atom is -0.394 e. The molecule has 2 saturated heterocycles. The van der Waals surface area contributed by atoms with Crippen molar-refractivity contribution in [2.45, 2.75) is 43.8 Å². The zero-order valence-corrected chi connectivity index (χ0v) is 13.7. The fourth-order valence-electron chi connectivity index (χ4n) is 3.39. The molecule has 10 nitrogen and oxygen atoms in total. The van der Waals surface area contributed by atoms with Gasteiger partial charge in [0, 0.05) is 13.1 Å². The number of aliphatic hydroxyl groups excluding tert-OH is 3. The van der Waals surface area contributed by atoms with Gasteiger partial charge in [-0.15, -0.1) is 0 Å². The molecule has 136 valence electrons. The summed E-state index contributed by atoms with van der Waals surface area (Å²) in [5, 5.41) is 31.5. The summed E-state index contributed by atoms with van der Waals surface area (Å²) in [6.45, 7) is 1.51. The highest BCUT2D eigenvalue weighted by atomic mass is 16.6. The number of hydrogen-bond acceptors (Lipinski definition) is 9. The quantitative estimate of drug-likeness (QED) is 0.563. The third-order valence-corrected chi connectivity index (χ3v) is 4.77. The van der Waals surface area contributed by atoms with Gasteiger partial charge in [0.25, 0.3) is 0 Å². The highest BCUT2D eigenvalue weighted by molar-refractivity contribution is 5.82. The Labute approximate surface area is 144 Å². The molecule has 0 radical (unpaired) electrons. The van der Waals surface area contributed by atoms with Gasteiger partial charge in [-0.1, -0.05) is 6.42 Å². The van der Waals surface area contributed by atoms with Crippen LogP contribution in [-0.2, 0) is 4.74 Å². The molecule has 4 unspecified atom stereocenters. The van der Waals surface area contributed by atoms with E-state index in [0.717, 1.165) is 25.9 Å². The maximum absolute atomic E-state index is 10.2. The summed E-state index contributed by atoms with van der Waals surface area (Å²) in [6, 6.07) is 0. The lowest BCUT2D eigenvalue weighted by atomic mass is 10.1. The highest BCUT2D eigenvalue weighted by Gasteiger charge is 2.44. The van der Waals surface area contributed by atoms with Crippen molar-refractivity contribution in [1.82, 2.24) is 24.5 Å². The van der Waals surface area contributed by atoms with Crippen LogP contribution >= 0.6 is 0 Å².